The zero-order valence-electron chi connectivity index (χ0n) is 30.2. The molecule has 0 aromatic carbocycles. The fourth-order valence-corrected chi connectivity index (χ4v) is 6.42. The van der Waals surface area contributed by atoms with E-state index in [4.69, 9.17) is 23.7 Å². The number of carboxylic acids is 1. The molecule has 2 fully saturated rings. The van der Waals surface area contributed by atoms with Crippen molar-refractivity contribution in [3.8, 4) is 0 Å². The number of esters is 1. The van der Waals surface area contributed by atoms with Crippen molar-refractivity contribution < 1.29 is 63.9 Å². The Balaban J connectivity index is 2.13. The van der Waals surface area contributed by atoms with Gasteiger partial charge < -0.3 is 54.3 Å². The Morgan fingerprint density at radius 3 is 1.59 bits per heavy atom. The van der Waals surface area contributed by atoms with Gasteiger partial charge in [0, 0.05) is 0 Å². The summed E-state index contributed by atoms with van der Waals surface area (Å²) < 4.78 is 29.3. The average molecular weight is 707 g/mol. The van der Waals surface area contributed by atoms with E-state index in [2.05, 4.69) is 13.8 Å². The second kappa shape index (κ2) is 23.9. The number of hydrogen-bond donors (Lipinski definition) is 6. The number of aliphatic hydroxyl groups excluding tert-OH is 5. The van der Waals surface area contributed by atoms with Gasteiger partial charge in [0.1, 0.15) is 42.7 Å². The van der Waals surface area contributed by atoms with Gasteiger partial charge in [0.2, 0.25) is 0 Å². The molecular weight excluding hydrogens is 640 g/mol. The van der Waals surface area contributed by atoms with Crippen LogP contribution in [-0.4, -0.2) is 116 Å². The summed E-state index contributed by atoms with van der Waals surface area (Å²) in [6.45, 7) is 7.36. The lowest BCUT2D eigenvalue weighted by molar-refractivity contribution is -0.366. The maximum absolute atomic E-state index is 13.3. The summed E-state index contributed by atoms with van der Waals surface area (Å²) in [6, 6.07) is 0. The van der Waals surface area contributed by atoms with Crippen LogP contribution < -0.4 is 0 Å². The van der Waals surface area contributed by atoms with E-state index in [-0.39, 0.29) is 12.8 Å². The van der Waals surface area contributed by atoms with Crippen molar-refractivity contribution in [3.63, 3.8) is 0 Å². The highest BCUT2D eigenvalue weighted by Gasteiger charge is 2.50. The number of aliphatic carboxylic acids is 1. The van der Waals surface area contributed by atoms with Gasteiger partial charge in [-0.25, -0.2) is 0 Å². The smallest absolute Gasteiger partial charge is 0.308 e. The van der Waals surface area contributed by atoms with Crippen LogP contribution in [0.5, 0.6) is 0 Å². The third kappa shape index (κ3) is 15.8. The number of carbonyl (C=O) groups is 2. The molecule has 49 heavy (non-hydrogen) atoms. The second-order valence-corrected chi connectivity index (χ2v) is 14.0. The minimum atomic E-state index is -1.67. The van der Waals surface area contributed by atoms with Gasteiger partial charge in [-0.15, -0.1) is 0 Å². The van der Waals surface area contributed by atoms with Crippen molar-refractivity contribution in [1.82, 2.24) is 0 Å². The number of unbranched alkanes of at least 4 members (excludes halogenated alkanes) is 12. The van der Waals surface area contributed by atoms with Crippen LogP contribution in [0.4, 0.5) is 0 Å². The Hall–Kier alpha value is -1.42. The number of carbonyl (C=O) groups excluding carboxylic acids is 1. The standard InChI is InChI=1S/C36H66O13/c1-5-7-9-11-13-15-17-19-25(21-27(37)38)47-28(39)22-26(20-18-16-14-12-10-8-6-2)48-36-34(32(43)30(41)24(4)46-36)49-35-33(44)31(42)29(40)23(3)45-35/h23-26,29-36,40-44H,5-22H2,1-4H3,(H,37,38)/t23-,24-,25?,26?,29-,30-,31+,32+,33+,34+,35-,36-/m0/s1. The van der Waals surface area contributed by atoms with Crippen LogP contribution in [-0.2, 0) is 33.3 Å². The molecule has 13 heteroatoms. The van der Waals surface area contributed by atoms with E-state index < -0.39 is 85.6 Å². The molecule has 0 saturated carbocycles. The molecule has 0 aromatic rings. The highest BCUT2D eigenvalue weighted by atomic mass is 16.8. The van der Waals surface area contributed by atoms with Crippen LogP contribution in [0.3, 0.4) is 0 Å². The van der Waals surface area contributed by atoms with Gasteiger partial charge >= 0.3 is 11.9 Å². The molecule has 13 nitrogen and oxygen atoms in total. The van der Waals surface area contributed by atoms with E-state index in [1.54, 1.807) is 6.92 Å². The molecule has 288 valence electrons. The maximum Gasteiger partial charge on any atom is 0.308 e. The lowest BCUT2D eigenvalue weighted by Gasteiger charge is -2.46. The Labute approximate surface area is 292 Å². The number of ether oxygens (including phenoxy) is 5. The van der Waals surface area contributed by atoms with Gasteiger partial charge in [-0.2, -0.15) is 0 Å². The fourth-order valence-electron chi connectivity index (χ4n) is 6.42. The quantitative estimate of drug-likeness (QED) is 0.0586. The van der Waals surface area contributed by atoms with Crippen molar-refractivity contribution in [2.45, 2.75) is 217 Å². The Morgan fingerprint density at radius 1 is 0.592 bits per heavy atom. The second-order valence-electron chi connectivity index (χ2n) is 14.0. The van der Waals surface area contributed by atoms with E-state index in [9.17, 15) is 40.2 Å². The monoisotopic (exact) mass is 706 g/mol. The van der Waals surface area contributed by atoms with Crippen LogP contribution in [0.15, 0.2) is 0 Å². The first-order valence-corrected chi connectivity index (χ1v) is 18.8. The minimum absolute atomic E-state index is 0.201. The number of carboxylic acid groups (broad SMARTS) is 1. The van der Waals surface area contributed by atoms with Crippen LogP contribution in [0, 0.1) is 0 Å². The van der Waals surface area contributed by atoms with Gasteiger partial charge in [-0.1, -0.05) is 97.3 Å². The molecule has 0 aromatic heterocycles. The zero-order chi connectivity index (χ0) is 36.3. The van der Waals surface area contributed by atoms with Crippen LogP contribution in [0.25, 0.3) is 0 Å². The molecule has 2 rings (SSSR count). The summed E-state index contributed by atoms with van der Waals surface area (Å²) in [5.74, 6) is -1.66. The van der Waals surface area contributed by atoms with E-state index in [0.29, 0.717) is 12.8 Å². The topological polar surface area (TPSA) is 202 Å². The summed E-state index contributed by atoms with van der Waals surface area (Å²) in [7, 11) is 0. The van der Waals surface area contributed by atoms with Crippen molar-refractivity contribution in [3.05, 3.63) is 0 Å². The van der Waals surface area contributed by atoms with Gasteiger partial charge in [0.05, 0.1) is 31.2 Å². The Kier molecular flexibility index (Phi) is 21.4. The molecule has 2 heterocycles. The molecular formula is C36H66O13. The molecule has 0 aliphatic carbocycles. The van der Waals surface area contributed by atoms with E-state index >= 15 is 0 Å². The average Bonchev–Trinajstić information content (AvgIpc) is 3.05. The first kappa shape index (κ1) is 43.7. The lowest BCUT2D eigenvalue weighted by Crippen LogP contribution is -2.63. The van der Waals surface area contributed by atoms with Crippen LogP contribution in [0.1, 0.15) is 143 Å². The van der Waals surface area contributed by atoms with Gasteiger partial charge in [0.25, 0.3) is 0 Å². The van der Waals surface area contributed by atoms with Crippen LogP contribution in [0.2, 0.25) is 0 Å². The third-order valence-electron chi connectivity index (χ3n) is 9.56. The Morgan fingerprint density at radius 2 is 1.06 bits per heavy atom. The van der Waals surface area contributed by atoms with Crippen molar-refractivity contribution in [2.24, 2.45) is 0 Å². The predicted molar refractivity (Wildman–Crippen MR) is 180 cm³/mol. The van der Waals surface area contributed by atoms with Gasteiger partial charge in [0.15, 0.2) is 12.6 Å². The molecule has 0 spiro atoms. The summed E-state index contributed by atoms with van der Waals surface area (Å²) in [5.41, 5.74) is 0. The zero-order valence-corrected chi connectivity index (χ0v) is 30.2. The molecule has 0 amide bonds. The van der Waals surface area contributed by atoms with E-state index in [0.717, 1.165) is 70.6 Å². The van der Waals surface area contributed by atoms with Crippen molar-refractivity contribution in [1.29, 1.82) is 0 Å². The Bertz CT molecular complexity index is 906. The molecule has 6 N–H and O–H groups in total. The minimum Gasteiger partial charge on any atom is -0.481 e. The molecule has 2 aliphatic rings. The summed E-state index contributed by atoms with van der Waals surface area (Å²) in [4.78, 5) is 24.8. The fraction of sp³-hybridized carbons (Fsp3) is 0.944. The molecule has 0 bridgehead atoms. The molecule has 2 saturated heterocycles. The lowest BCUT2D eigenvalue weighted by atomic mass is 9.97. The van der Waals surface area contributed by atoms with Crippen molar-refractivity contribution >= 4 is 11.9 Å². The predicted octanol–water partition coefficient (Wildman–Crippen LogP) is 4.11. The molecule has 2 unspecified atom stereocenters. The normalized spacial score (nSPS) is 31.7. The molecule has 0 radical (unpaired) electrons. The van der Waals surface area contributed by atoms with E-state index in [1.807, 2.05) is 0 Å². The highest BCUT2D eigenvalue weighted by molar-refractivity contribution is 5.72. The summed E-state index contributed by atoms with van der Waals surface area (Å²) >= 11 is 0. The van der Waals surface area contributed by atoms with Crippen LogP contribution >= 0.6 is 0 Å². The summed E-state index contributed by atoms with van der Waals surface area (Å²) in [6.07, 6.45) is -0.0627. The highest BCUT2D eigenvalue weighted by Crippen LogP contribution is 2.31. The largest absolute Gasteiger partial charge is 0.481 e. The van der Waals surface area contributed by atoms with E-state index in [1.165, 1.54) is 26.2 Å². The van der Waals surface area contributed by atoms with Gasteiger partial charge in [-0.05, 0) is 33.1 Å². The molecule has 2 aliphatic heterocycles. The number of hydrogen-bond acceptors (Lipinski definition) is 12. The van der Waals surface area contributed by atoms with Crippen molar-refractivity contribution in [2.75, 3.05) is 0 Å². The SMILES string of the molecule is CCCCCCCCCC(CC(=O)O)OC(=O)CC(CCCCCCCCC)O[C@@H]1O[C@@H](C)[C@H](O)[C@@H](O)[C@H]1O[C@@H]1O[C@@H](C)[C@H](O)[C@@H](O)[C@H]1O. The first-order chi connectivity index (χ1) is 23.4. The number of aliphatic hydroxyl groups is 5. The summed E-state index contributed by atoms with van der Waals surface area (Å²) in [5, 5.41) is 62.0. The first-order valence-electron chi connectivity index (χ1n) is 18.8. The maximum atomic E-state index is 13.3. The number of rotatable bonds is 25. The van der Waals surface area contributed by atoms with Gasteiger partial charge in [-0.3, -0.25) is 9.59 Å². The third-order valence-corrected chi connectivity index (χ3v) is 9.56. The molecule has 12 atom stereocenters.